The first-order chi connectivity index (χ1) is 8.61. The van der Waals surface area contributed by atoms with Gasteiger partial charge in [0.15, 0.2) is 5.78 Å². The summed E-state index contributed by atoms with van der Waals surface area (Å²) in [6.45, 7) is 0. The molecule has 0 amide bonds. The highest BCUT2D eigenvalue weighted by Crippen LogP contribution is 2.23. The summed E-state index contributed by atoms with van der Waals surface area (Å²) in [7, 11) is 1.54. The predicted molar refractivity (Wildman–Crippen MR) is 70.5 cm³/mol. The second-order valence-corrected chi connectivity index (χ2v) is 4.54. The number of methoxy groups -OCH3 is 1. The van der Waals surface area contributed by atoms with E-state index < -0.39 is 0 Å². The molecule has 0 aliphatic rings. The van der Waals surface area contributed by atoms with E-state index in [1.807, 2.05) is 0 Å². The van der Waals surface area contributed by atoms with E-state index in [0.717, 1.165) is 0 Å². The molecular formula is C14H10BrFO2. The molecule has 2 aromatic carbocycles. The van der Waals surface area contributed by atoms with Crippen molar-refractivity contribution in [2.24, 2.45) is 0 Å². The van der Waals surface area contributed by atoms with Crippen LogP contribution in [-0.2, 0) is 0 Å². The monoisotopic (exact) mass is 308 g/mol. The lowest BCUT2D eigenvalue weighted by Gasteiger charge is -2.06. The molecule has 0 atom stereocenters. The smallest absolute Gasteiger partial charge is 0.194 e. The van der Waals surface area contributed by atoms with Crippen LogP contribution in [0.4, 0.5) is 4.39 Å². The molecule has 0 aliphatic heterocycles. The summed E-state index contributed by atoms with van der Waals surface area (Å²) >= 11 is 3.19. The van der Waals surface area contributed by atoms with Gasteiger partial charge in [0.25, 0.3) is 0 Å². The largest absolute Gasteiger partial charge is 0.497 e. The van der Waals surface area contributed by atoms with Crippen molar-refractivity contribution >= 4 is 21.7 Å². The molecule has 0 saturated carbocycles. The molecule has 0 bridgehead atoms. The zero-order valence-corrected chi connectivity index (χ0v) is 11.2. The molecule has 0 saturated heterocycles. The number of hydrogen-bond donors (Lipinski definition) is 0. The number of hydrogen-bond acceptors (Lipinski definition) is 2. The van der Waals surface area contributed by atoms with Crippen LogP contribution in [0.2, 0.25) is 0 Å². The number of ketones is 1. The third-order valence-electron chi connectivity index (χ3n) is 2.51. The van der Waals surface area contributed by atoms with Gasteiger partial charge in [-0.15, -0.1) is 0 Å². The molecular weight excluding hydrogens is 299 g/mol. The molecule has 92 valence electrons. The molecule has 0 aromatic heterocycles. The van der Waals surface area contributed by atoms with E-state index in [2.05, 4.69) is 15.9 Å². The summed E-state index contributed by atoms with van der Waals surface area (Å²) in [5, 5.41) is 0. The molecule has 18 heavy (non-hydrogen) atoms. The average Bonchev–Trinajstić information content (AvgIpc) is 2.38. The minimum Gasteiger partial charge on any atom is -0.497 e. The average molecular weight is 309 g/mol. The van der Waals surface area contributed by atoms with E-state index in [9.17, 15) is 9.18 Å². The van der Waals surface area contributed by atoms with Gasteiger partial charge >= 0.3 is 0 Å². The van der Waals surface area contributed by atoms with E-state index in [1.54, 1.807) is 24.3 Å². The first-order valence-electron chi connectivity index (χ1n) is 5.25. The molecule has 0 N–H and O–H groups in total. The van der Waals surface area contributed by atoms with Crippen molar-refractivity contribution in [3.8, 4) is 5.75 Å². The Balaban J connectivity index is 2.41. The number of rotatable bonds is 3. The molecule has 2 nitrogen and oxygen atoms in total. The minimum absolute atomic E-state index is 0.180. The number of benzene rings is 2. The normalized spacial score (nSPS) is 10.2. The summed E-state index contributed by atoms with van der Waals surface area (Å²) < 4.78 is 18.5. The lowest BCUT2D eigenvalue weighted by Crippen LogP contribution is -2.03. The maximum absolute atomic E-state index is 13.0. The fraction of sp³-hybridized carbons (Fsp3) is 0.0714. The standard InChI is InChI=1S/C14H10BrFO2/c1-18-11-4-2-3-9(7-11)14(17)12-6-5-10(16)8-13(12)15/h2-8H,1H3. The quantitative estimate of drug-likeness (QED) is 0.806. The zero-order chi connectivity index (χ0) is 13.1. The van der Waals surface area contributed by atoms with E-state index >= 15 is 0 Å². The molecule has 2 aromatic rings. The third-order valence-corrected chi connectivity index (χ3v) is 3.16. The van der Waals surface area contributed by atoms with Crippen LogP contribution in [0.5, 0.6) is 5.75 Å². The van der Waals surface area contributed by atoms with Crippen molar-refractivity contribution in [3.63, 3.8) is 0 Å². The SMILES string of the molecule is COc1cccc(C(=O)c2ccc(F)cc2Br)c1. The first kappa shape index (κ1) is 12.8. The molecule has 0 fully saturated rings. The number of carbonyl (C=O) groups excluding carboxylic acids is 1. The van der Waals surface area contributed by atoms with Gasteiger partial charge < -0.3 is 4.74 Å². The number of halogens is 2. The minimum atomic E-state index is -0.385. The molecule has 0 spiro atoms. The fourth-order valence-electron chi connectivity index (χ4n) is 1.59. The van der Waals surface area contributed by atoms with Crippen LogP contribution in [0, 0.1) is 5.82 Å². The van der Waals surface area contributed by atoms with Crippen LogP contribution in [0.25, 0.3) is 0 Å². The highest BCUT2D eigenvalue weighted by atomic mass is 79.9. The molecule has 0 radical (unpaired) electrons. The second-order valence-electron chi connectivity index (χ2n) is 3.69. The number of ether oxygens (including phenoxy) is 1. The first-order valence-corrected chi connectivity index (χ1v) is 6.05. The van der Waals surface area contributed by atoms with Gasteiger partial charge in [0.1, 0.15) is 11.6 Å². The highest BCUT2D eigenvalue weighted by Gasteiger charge is 2.13. The lowest BCUT2D eigenvalue weighted by atomic mass is 10.0. The second kappa shape index (κ2) is 5.31. The Hall–Kier alpha value is -1.68. The van der Waals surface area contributed by atoms with Crippen LogP contribution >= 0.6 is 15.9 Å². The Morgan fingerprint density at radius 1 is 1.22 bits per heavy atom. The Morgan fingerprint density at radius 3 is 2.67 bits per heavy atom. The van der Waals surface area contributed by atoms with Gasteiger partial charge in [0.2, 0.25) is 0 Å². The lowest BCUT2D eigenvalue weighted by molar-refractivity contribution is 0.103. The van der Waals surface area contributed by atoms with Gasteiger partial charge in [0, 0.05) is 15.6 Å². The molecule has 0 aliphatic carbocycles. The van der Waals surface area contributed by atoms with Crippen LogP contribution in [0.15, 0.2) is 46.9 Å². The van der Waals surface area contributed by atoms with E-state index in [-0.39, 0.29) is 11.6 Å². The Labute approximate surface area is 113 Å². The van der Waals surface area contributed by atoms with E-state index in [0.29, 0.717) is 21.3 Å². The van der Waals surface area contributed by atoms with Crippen molar-refractivity contribution in [2.75, 3.05) is 7.11 Å². The van der Waals surface area contributed by atoms with Crippen molar-refractivity contribution in [1.29, 1.82) is 0 Å². The topological polar surface area (TPSA) is 26.3 Å². The van der Waals surface area contributed by atoms with Gasteiger partial charge in [0.05, 0.1) is 7.11 Å². The molecule has 4 heteroatoms. The van der Waals surface area contributed by atoms with Crippen molar-refractivity contribution in [2.45, 2.75) is 0 Å². The summed E-state index contributed by atoms with van der Waals surface area (Å²) in [6.07, 6.45) is 0. The summed E-state index contributed by atoms with van der Waals surface area (Å²) in [6, 6.07) is 10.8. The molecule has 0 unspecified atom stereocenters. The summed E-state index contributed by atoms with van der Waals surface area (Å²) in [4.78, 5) is 12.2. The zero-order valence-electron chi connectivity index (χ0n) is 9.61. The summed E-state index contributed by atoms with van der Waals surface area (Å²) in [5.41, 5.74) is 0.923. The Kier molecular flexibility index (Phi) is 3.77. The van der Waals surface area contributed by atoms with Gasteiger partial charge in [-0.3, -0.25) is 4.79 Å². The third kappa shape index (κ3) is 2.59. The highest BCUT2D eigenvalue weighted by molar-refractivity contribution is 9.10. The van der Waals surface area contributed by atoms with E-state index in [1.165, 1.54) is 25.3 Å². The van der Waals surface area contributed by atoms with Crippen LogP contribution in [-0.4, -0.2) is 12.9 Å². The van der Waals surface area contributed by atoms with Crippen LogP contribution in [0.3, 0.4) is 0 Å². The maximum atomic E-state index is 13.0. The van der Waals surface area contributed by atoms with Gasteiger partial charge in [-0.1, -0.05) is 12.1 Å². The van der Waals surface area contributed by atoms with Gasteiger partial charge in [-0.05, 0) is 46.3 Å². The van der Waals surface area contributed by atoms with Crippen molar-refractivity contribution < 1.29 is 13.9 Å². The van der Waals surface area contributed by atoms with Crippen molar-refractivity contribution in [1.82, 2.24) is 0 Å². The van der Waals surface area contributed by atoms with Gasteiger partial charge in [-0.25, -0.2) is 4.39 Å². The summed E-state index contributed by atoms with van der Waals surface area (Å²) in [5.74, 6) is 0.0453. The van der Waals surface area contributed by atoms with Crippen LogP contribution in [0.1, 0.15) is 15.9 Å². The number of carbonyl (C=O) groups is 1. The fourth-order valence-corrected chi connectivity index (χ4v) is 2.12. The Bertz CT molecular complexity index is 596. The maximum Gasteiger partial charge on any atom is 0.194 e. The van der Waals surface area contributed by atoms with Crippen molar-refractivity contribution in [3.05, 3.63) is 63.9 Å². The molecule has 0 heterocycles. The van der Waals surface area contributed by atoms with E-state index in [4.69, 9.17) is 4.74 Å². The molecule has 2 rings (SSSR count). The van der Waals surface area contributed by atoms with Gasteiger partial charge in [-0.2, -0.15) is 0 Å². The van der Waals surface area contributed by atoms with Crippen LogP contribution < -0.4 is 4.74 Å². The Morgan fingerprint density at radius 2 is 2.00 bits per heavy atom. The predicted octanol–water partition coefficient (Wildman–Crippen LogP) is 3.83.